The number of aliphatic carboxylic acids is 1. The van der Waals surface area contributed by atoms with Crippen molar-refractivity contribution < 1.29 is 14.7 Å². The number of thiazole rings is 1. The van der Waals surface area contributed by atoms with Gasteiger partial charge in [0.1, 0.15) is 0 Å². The predicted octanol–water partition coefficient (Wildman–Crippen LogP) is 3.56. The lowest BCUT2D eigenvalue weighted by Gasteiger charge is -2.26. The van der Waals surface area contributed by atoms with Crippen molar-refractivity contribution in [1.29, 1.82) is 0 Å². The first-order valence-electron chi connectivity index (χ1n) is 7.66. The summed E-state index contributed by atoms with van der Waals surface area (Å²) in [6, 6.07) is 3.95. The van der Waals surface area contributed by atoms with Crippen molar-refractivity contribution in [2.75, 3.05) is 5.32 Å². The number of hydrogen-bond donors (Lipinski definition) is 2. The summed E-state index contributed by atoms with van der Waals surface area (Å²) in [5, 5.41) is 16.7. The second-order valence-electron chi connectivity index (χ2n) is 6.23. The maximum absolute atomic E-state index is 12.6. The lowest BCUT2D eigenvalue weighted by atomic mass is 9.79. The zero-order chi connectivity index (χ0) is 16.0. The van der Waals surface area contributed by atoms with Crippen LogP contribution in [0.1, 0.15) is 19.3 Å². The molecule has 2 bridgehead atoms. The van der Waals surface area contributed by atoms with E-state index >= 15 is 0 Å². The van der Waals surface area contributed by atoms with Gasteiger partial charge in [0.2, 0.25) is 5.91 Å². The van der Waals surface area contributed by atoms with E-state index in [0.29, 0.717) is 5.13 Å². The van der Waals surface area contributed by atoms with E-state index < -0.39 is 17.8 Å². The number of amides is 1. The molecule has 120 valence electrons. The van der Waals surface area contributed by atoms with Gasteiger partial charge in [-0.2, -0.15) is 0 Å². The van der Waals surface area contributed by atoms with Crippen molar-refractivity contribution in [2.45, 2.75) is 19.3 Å². The minimum atomic E-state index is -0.837. The SMILES string of the molecule is O=C(O)C1C2CCC(C2)C1C(=O)Nc1nc(-c2cccs2)cs1. The number of nitrogens with zero attached hydrogens (tertiary/aromatic N) is 1. The van der Waals surface area contributed by atoms with E-state index in [4.69, 9.17) is 0 Å². The van der Waals surface area contributed by atoms with Crippen LogP contribution >= 0.6 is 22.7 Å². The normalized spacial score (nSPS) is 28.9. The standard InChI is InChI=1S/C16H16N2O3S2/c19-14(12-8-3-4-9(6-8)13(12)15(20)21)18-16-17-10(7-23-16)11-2-1-5-22-11/h1-2,5,7-9,12-13H,3-4,6H2,(H,20,21)(H,17,18,19). The fourth-order valence-electron chi connectivity index (χ4n) is 4.08. The van der Waals surface area contributed by atoms with Crippen LogP contribution in [-0.2, 0) is 9.59 Å². The third-order valence-electron chi connectivity index (χ3n) is 5.01. The predicted molar refractivity (Wildman–Crippen MR) is 89.5 cm³/mol. The van der Waals surface area contributed by atoms with Gasteiger partial charge in [-0.15, -0.1) is 22.7 Å². The molecule has 4 unspecified atom stereocenters. The van der Waals surface area contributed by atoms with E-state index in [1.54, 1.807) is 11.3 Å². The van der Waals surface area contributed by atoms with Gasteiger partial charge in [0.05, 0.1) is 22.4 Å². The molecule has 2 heterocycles. The summed E-state index contributed by atoms with van der Waals surface area (Å²) in [5.41, 5.74) is 0.850. The number of aromatic nitrogens is 1. The topological polar surface area (TPSA) is 79.3 Å². The van der Waals surface area contributed by atoms with Crippen molar-refractivity contribution in [3.8, 4) is 10.6 Å². The Morgan fingerprint density at radius 1 is 1.22 bits per heavy atom. The van der Waals surface area contributed by atoms with Crippen LogP contribution in [0.2, 0.25) is 0 Å². The third-order valence-corrected chi connectivity index (χ3v) is 6.66. The van der Waals surface area contributed by atoms with Gasteiger partial charge in [0, 0.05) is 5.38 Å². The monoisotopic (exact) mass is 348 g/mol. The molecule has 2 fully saturated rings. The Balaban J connectivity index is 1.51. The Hall–Kier alpha value is -1.73. The Labute approximate surface area is 141 Å². The summed E-state index contributed by atoms with van der Waals surface area (Å²) in [4.78, 5) is 29.6. The summed E-state index contributed by atoms with van der Waals surface area (Å²) < 4.78 is 0. The molecule has 2 aliphatic rings. The summed E-state index contributed by atoms with van der Waals surface area (Å²) in [5.74, 6) is -1.61. The fraction of sp³-hybridized carbons (Fsp3) is 0.438. The minimum absolute atomic E-state index is 0.159. The first-order chi connectivity index (χ1) is 11.1. The quantitative estimate of drug-likeness (QED) is 0.885. The Morgan fingerprint density at radius 2 is 2.00 bits per heavy atom. The second kappa shape index (κ2) is 5.72. The molecule has 7 heteroatoms. The highest BCUT2D eigenvalue weighted by Gasteiger charge is 2.54. The van der Waals surface area contributed by atoms with Gasteiger partial charge in [-0.3, -0.25) is 9.59 Å². The van der Waals surface area contributed by atoms with Crippen LogP contribution in [0.15, 0.2) is 22.9 Å². The Kier molecular flexibility index (Phi) is 3.69. The maximum Gasteiger partial charge on any atom is 0.307 e. The van der Waals surface area contributed by atoms with Crippen molar-refractivity contribution >= 4 is 39.7 Å². The zero-order valence-corrected chi connectivity index (χ0v) is 13.9. The molecule has 0 aliphatic heterocycles. The third kappa shape index (κ3) is 2.57. The maximum atomic E-state index is 12.6. The highest BCUT2D eigenvalue weighted by molar-refractivity contribution is 7.16. The average molecular weight is 348 g/mol. The van der Waals surface area contributed by atoms with Crippen LogP contribution in [0.3, 0.4) is 0 Å². The molecule has 0 saturated heterocycles. The van der Waals surface area contributed by atoms with Gasteiger partial charge in [0.15, 0.2) is 5.13 Å². The molecule has 0 aromatic carbocycles. The first kappa shape index (κ1) is 14.8. The van der Waals surface area contributed by atoms with E-state index in [1.165, 1.54) is 11.3 Å². The highest BCUT2D eigenvalue weighted by atomic mass is 32.1. The van der Waals surface area contributed by atoms with E-state index in [0.717, 1.165) is 29.8 Å². The first-order valence-corrected chi connectivity index (χ1v) is 9.42. The molecule has 2 aliphatic carbocycles. The zero-order valence-electron chi connectivity index (χ0n) is 12.3. The number of carbonyl (C=O) groups is 2. The number of hydrogen-bond acceptors (Lipinski definition) is 5. The molecular formula is C16H16N2O3S2. The lowest BCUT2D eigenvalue weighted by Crippen LogP contribution is -2.37. The molecule has 2 aromatic rings. The van der Waals surface area contributed by atoms with Crippen molar-refractivity contribution in [3.63, 3.8) is 0 Å². The largest absolute Gasteiger partial charge is 0.481 e. The number of carboxylic acid groups (broad SMARTS) is 1. The van der Waals surface area contributed by atoms with Crippen LogP contribution < -0.4 is 5.32 Å². The molecule has 5 nitrogen and oxygen atoms in total. The Morgan fingerprint density at radius 3 is 2.70 bits per heavy atom. The molecule has 2 N–H and O–H groups in total. The van der Waals surface area contributed by atoms with Crippen molar-refractivity contribution in [1.82, 2.24) is 4.98 Å². The van der Waals surface area contributed by atoms with Gasteiger partial charge in [0.25, 0.3) is 0 Å². The molecule has 1 amide bonds. The van der Waals surface area contributed by atoms with Crippen LogP contribution in [0.5, 0.6) is 0 Å². The molecule has 4 rings (SSSR count). The van der Waals surface area contributed by atoms with Gasteiger partial charge < -0.3 is 10.4 Å². The molecule has 0 radical (unpaired) electrons. The van der Waals surface area contributed by atoms with Gasteiger partial charge in [-0.05, 0) is 42.5 Å². The summed E-state index contributed by atoms with van der Waals surface area (Å²) >= 11 is 2.98. The van der Waals surface area contributed by atoms with Crippen LogP contribution in [-0.4, -0.2) is 22.0 Å². The Bertz CT molecular complexity index is 740. The van der Waals surface area contributed by atoms with Crippen molar-refractivity contribution in [2.24, 2.45) is 23.7 Å². The van der Waals surface area contributed by atoms with Gasteiger partial charge in [-0.25, -0.2) is 4.98 Å². The average Bonchev–Trinajstić information content (AvgIpc) is 3.28. The number of fused-ring (bicyclic) bond motifs is 2. The van der Waals surface area contributed by atoms with Crippen LogP contribution in [0.4, 0.5) is 5.13 Å². The number of rotatable bonds is 4. The smallest absolute Gasteiger partial charge is 0.307 e. The number of thiophene rings is 1. The minimum Gasteiger partial charge on any atom is -0.481 e. The number of carboxylic acids is 1. The number of carbonyl (C=O) groups excluding carboxylic acids is 1. The molecule has 2 aromatic heterocycles. The molecule has 4 atom stereocenters. The molecular weight excluding hydrogens is 332 g/mol. The van der Waals surface area contributed by atoms with Gasteiger partial charge in [-0.1, -0.05) is 6.07 Å². The van der Waals surface area contributed by atoms with E-state index in [9.17, 15) is 14.7 Å². The summed E-state index contributed by atoms with van der Waals surface area (Å²) in [6.45, 7) is 0. The van der Waals surface area contributed by atoms with Crippen LogP contribution in [0.25, 0.3) is 10.6 Å². The summed E-state index contributed by atoms with van der Waals surface area (Å²) in [6.07, 6.45) is 2.77. The van der Waals surface area contributed by atoms with Gasteiger partial charge >= 0.3 is 5.97 Å². The van der Waals surface area contributed by atoms with Crippen molar-refractivity contribution in [3.05, 3.63) is 22.9 Å². The lowest BCUT2D eigenvalue weighted by molar-refractivity contribution is -0.148. The van der Waals surface area contributed by atoms with Crippen LogP contribution in [0, 0.1) is 23.7 Å². The number of anilines is 1. The van der Waals surface area contributed by atoms with E-state index in [-0.39, 0.29) is 17.7 Å². The molecule has 23 heavy (non-hydrogen) atoms. The fourth-order valence-corrected chi connectivity index (χ4v) is 5.56. The highest BCUT2D eigenvalue weighted by Crippen LogP contribution is 2.52. The number of nitrogens with one attached hydrogen (secondary N) is 1. The summed E-state index contributed by atoms with van der Waals surface area (Å²) in [7, 11) is 0. The van der Waals surface area contributed by atoms with E-state index in [1.807, 2.05) is 22.9 Å². The second-order valence-corrected chi connectivity index (χ2v) is 8.03. The van der Waals surface area contributed by atoms with E-state index in [2.05, 4.69) is 10.3 Å². The molecule has 0 spiro atoms. The molecule has 2 saturated carbocycles.